The molecule has 0 bridgehead atoms. The van der Waals surface area contributed by atoms with Crippen molar-refractivity contribution in [2.75, 3.05) is 13.2 Å². The maximum atomic E-state index is 5.95. The first-order valence-corrected chi connectivity index (χ1v) is 6.58. The number of nitrogens with zero attached hydrogens (tertiary/aromatic N) is 2. The van der Waals surface area contributed by atoms with Gasteiger partial charge in [-0.25, -0.2) is 0 Å². The van der Waals surface area contributed by atoms with E-state index in [1.807, 2.05) is 30.3 Å². The number of rotatable bonds is 6. The van der Waals surface area contributed by atoms with E-state index in [2.05, 4.69) is 10.1 Å². The number of para-hydroxylation sites is 1. The number of benzene rings is 1. The van der Waals surface area contributed by atoms with Gasteiger partial charge in [0.15, 0.2) is 5.58 Å². The average molecular weight is 358 g/mol. The third-order valence-corrected chi connectivity index (χ3v) is 2.88. The van der Waals surface area contributed by atoms with Gasteiger partial charge in [-0.3, -0.25) is 4.98 Å². The van der Waals surface area contributed by atoms with Crippen LogP contribution in [-0.4, -0.2) is 29.4 Å². The highest BCUT2D eigenvalue weighted by Gasteiger charge is 2.11. The molecule has 23 heavy (non-hydrogen) atoms. The Morgan fingerprint density at radius 2 is 1.83 bits per heavy atom. The van der Waals surface area contributed by atoms with E-state index in [0.717, 1.165) is 5.39 Å². The van der Waals surface area contributed by atoms with Crippen LogP contribution in [0.25, 0.3) is 11.0 Å². The maximum Gasteiger partial charge on any atom is 0.262 e. The van der Waals surface area contributed by atoms with Gasteiger partial charge in [0.2, 0.25) is 0 Å². The van der Waals surface area contributed by atoms with Crippen LogP contribution in [0.15, 0.2) is 53.3 Å². The molecule has 2 N–H and O–H groups in total. The normalized spacial score (nSPS) is 11.2. The van der Waals surface area contributed by atoms with Crippen molar-refractivity contribution in [3.05, 3.63) is 48.8 Å². The highest BCUT2D eigenvalue weighted by atomic mass is 35.5. The molecule has 0 fully saturated rings. The summed E-state index contributed by atoms with van der Waals surface area (Å²) in [6.07, 6.45) is 3.32. The van der Waals surface area contributed by atoms with E-state index in [-0.39, 0.29) is 37.5 Å². The third kappa shape index (κ3) is 4.99. The molecular weight excluding hydrogens is 341 g/mol. The molecule has 0 saturated carbocycles. The van der Waals surface area contributed by atoms with Gasteiger partial charge in [0, 0.05) is 6.20 Å². The predicted octanol–water partition coefficient (Wildman–Crippen LogP) is 2.85. The molecule has 0 aliphatic heterocycles. The maximum absolute atomic E-state index is 5.95. The molecule has 2 heterocycles. The summed E-state index contributed by atoms with van der Waals surface area (Å²) < 4.78 is 16.3. The molecule has 0 amide bonds. The Kier molecular flexibility index (Phi) is 7.61. The second kappa shape index (κ2) is 9.19. The summed E-state index contributed by atoms with van der Waals surface area (Å²) in [5.41, 5.74) is 6.64. The van der Waals surface area contributed by atoms with E-state index in [9.17, 15) is 0 Å². The van der Waals surface area contributed by atoms with E-state index in [4.69, 9.17) is 19.7 Å². The van der Waals surface area contributed by atoms with Crippen molar-refractivity contribution in [2.24, 2.45) is 5.73 Å². The zero-order chi connectivity index (χ0) is 14.5. The molecule has 6 nitrogen and oxygen atoms in total. The monoisotopic (exact) mass is 357 g/mol. The minimum atomic E-state index is -0.277. The first kappa shape index (κ1) is 19.0. The summed E-state index contributed by atoms with van der Waals surface area (Å²) in [6, 6.07) is 10.9. The molecule has 1 aromatic carbocycles. The van der Waals surface area contributed by atoms with Crippen molar-refractivity contribution in [3.63, 3.8) is 0 Å². The van der Waals surface area contributed by atoms with E-state index >= 15 is 0 Å². The second-order valence-electron chi connectivity index (χ2n) is 4.55. The van der Waals surface area contributed by atoms with Gasteiger partial charge >= 0.3 is 0 Å². The zero-order valence-corrected chi connectivity index (χ0v) is 13.8. The molecule has 0 radical (unpaired) electrons. The molecule has 0 aliphatic rings. The van der Waals surface area contributed by atoms with Gasteiger partial charge in [-0.1, -0.05) is 12.1 Å². The Morgan fingerprint density at radius 1 is 1.04 bits per heavy atom. The van der Waals surface area contributed by atoms with Crippen LogP contribution in [0.5, 0.6) is 11.6 Å². The molecule has 0 spiro atoms. The Labute approximate surface area is 145 Å². The van der Waals surface area contributed by atoms with E-state index in [1.54, 1.807) is 18.5 Å². The number of nitrogens with two attached hydrogens (primary N) is 1. The van der Waals surface area contributed by atoms with Crippen molar-refractivity contribution in [1.29, 1.82) is 0 Å². The van der Waals surface area contributed by atoms with Crippen molar-refractivity contribution in [3.8, 4) is 11.6 Å². The van der Waals surface area contributed by atoms with Crippen LogP contribution in [0.2, 0.25) is 0 Å². The predicted molar refractivity (Wildman–Crippen MR) is 91.7 cm³/mol. The van der Waals surface area contributed by atoms with Gasteiger partial charge < -0.3 is 19.7 Å². The first-order valence-electron chi connectivity index (χ1n) is 6.58. The summed E-state index contributed by atoms with van der Waals surface area (Å²) in [6.45, 7) is 0.623. The number of ether oxygens (including phenoxy) is 2. The highest BCUT2D eigenvalue weighted by Crippen LogP contribution is 2.24. The molecular formula is C15H17Cl2N3O3. The Morgan fingerprint density at radius 3 is 2.61 bits per heavy atom. The Hall–Kier alpha value is -2.02. The van der Waals surface area contributed by atoms with Crippen LogP contribution in [0.4, 0.5) is 0 Å². The minimum absolute atomic E-state index is 0. The lowest BCUT2D eigenvalue weighted by molar-refractivity contribution is 0.210. The molecule has 3 aromatic rings. The lowest BCUT2D eigenvalue weighted by Gasteiger charge is -2.12. The smallest absolute Gasteiger partial charge is 0.262 e. The number of hydrogen-bond donors (Lipinski definition) is 1. The zero-order valence-electron chi connectivity index (χ0n) is 12.1. The van der Waals surface area contributed by atoms with Crippen molar-refractivity contribution in [2.45, 2.75) is 6.04 Å². The average Bonchev–Trinajstić information content (AvgIpc) is 2.95. The number of halogens is 2. The van der Waals surface area contributed by atoms with Gasteiger partial charge in [0.25, 0.3) is 5.88 Å². The SMILES string of the molecule is Cl.Cl.NC(COc1cccnc1)COc1noc2ccccc12. The van der Waals surface area contributed by atoms with Crippen LogP contribution in [0.3, 0.4) is 0 Å². The molecule has 1 atom stereocenters. The first-order chi connectivity index (χ1) is 10.3. The van der Waals surface area contributed by atoms with Gasteiger partial charge in [-0.15, -0.1) is 24.8 Å². The molecule has 3 rings (SSSR count). The molecule has 2 aromatic heterocycles. The fourth-order valence-electron chi connectivity index (χ4n) is 1.84. The van der Waals surface area contributed by atoms with Gasteiger partial charge in [-0.05, 0) is 29.4 Å². The number of pyridine rings is 1. The summed E-state index contributed by atoms with van der Waals surface area (Å²) in [7, 11) is 0. The number of aromatic nitrogens is 2. The second-order valence-corrected chi connectivity index (χ2v) is 4.55. The van der Waals surface area contributed by atoms with Crippen molar-refractivity contribution < 1.29 is 14.0 Å². The standard InChI is InChI=1S/C15H15N3O3.2ClH/c16-11(9-19-12-4-3-7-17-8-12)10-20-15-13-5-1-2-6-14(13)21-18-15;;/h1-8,11H,9-10,16H2;2*1H. The van der Waals surface area contributed by atoms with Crippen molar-refractivity contribution >= 4 is 35.8 Å². The molecule has 0 saturated heterocycles. The van der Waals surface area contributed by atoms with Crippen molar-refractivity contribution in [1.82, 2.24) is 10.1 Å². The molecule has 8 heteroatoms. The largest absolute Gasteiger partial charge is 0.490 e. The van der Waals surface area contributed by atoms with Crippen LogP contribution in [0, 0.1) is 0 Å². The quantitative estimate of drug-likeness (QED) is 0.730. The van der Waals surface area contributed by atoms with Gasteiger partial charge in [0.05, 0.1) is 17.6 Å². The van der Waals surface area contributed by atoms with E-state index in [0.29, 0.717) is 23.8 Å². The fourth-order valence-corrected chi connectivity index (χ4v) is 1.84. The van der Waals surface area contributed by atoms with Gasteiger partial charge in [0.1, 0.15) is 19.0 Å². The Balaban J connectivity index is 0.00000132. The highest BCUT2D eigenvalue weighted by molar-refractivity contribution is 5.85. The minimum Gasteiger partial charge on any atom is -0.490 e. The molecule has 1 unspecified atom stereocenters. The molecule has 124 valence electrons. The fraction of sp³-hybridized carbons (Fsp3) is 0.200. The van der Waals surface area contributed by atoms with Crippen LogP contribution in [-0.2, 0) is 0 Å². The number of hydrogen-bond acceptors (Lipinski definition) is 6. The third-order valence-electron chi connectivity index (χ3n) is 2.88. The summed E-state index contributed by atoms with van der Waals surface area (Å²) in [5.74, 6) is 1.13. The summed E-state index contributed by atoms with van der Waals surface area (Å²) in [5, 5.41) is 4.71. The van der Waals surface area contributed by atoms with E-state index < -0.39 is 0 Å². The Bertz CT molecular complexity index is 709. The summed E-state index contributed by atoms with van der Waals surface area (Å²) >= 11 is 0. The van der Waals surface area contributed by atoms with E-state index in [1.165, 1.54) is 0 Å². The summed E-state index contributed by atoms with van der Waals surface area (Å²) in [4.78, 5) is 3.96. The van der Waals surface area contributed by atoms with Gasteiger partial charge in [-0.2, -0.15) is 0 Å². The number of fused-ring (bicyclic) bond motifs is 1. The van der Waals surface area contributed by atoms with Crippen LogP contribution >= 0.6 is 24.8 Å². The lowest BCUT2D eigenvalue weighted by atomic mass is 10.3. The van der Waals surface area contributed by atoms with Crippen LogP contribution < -0.4 is 15.2 Å². The van der Waals surface area contributed by atoms with Crippen LogP contribution in [0.1, 0.15) is 0 Å². The lowest BCUT2D eigenvalue weighted by Crippen LogP contribution is -2.34. The topological polar surface area (TPSA) is 83.4 Å². The molecule has 0 aliphatic carbocycles.